The molecule has 4 rings (SSSR count). The van der Waals surface area contributed by atoms with Crippen molar-refractivity contribution in [1.82, 2.24) is 5.01 Å². The molecule has 2 nitrogen and oxygen atoms in total. The maximum atomic E-state index is 13.9. The molecule has 0 radical (unpaired) electrons. The Morgan fingerprint density at radius 3 is 2.20 bits per heavy atom. The fraction of sp³-hybridized carbons (Fsp3) is 0.963. The average Bonchev–Trinajstić information content (AvgIpc) is 3.11. The Bertz CT molecular complexity index is 596. The van der Waals surface area contributed by atoms with Crippen LogP contribution in [0.15, 0.2) is 5.10 Å². The van der Waals surface area contributed by atoms with E-state index in [0.29, 0.717) is 23.9 Å². The Kier molecular flexibility index (Phi) is 7.15. The van der Waals surface area contributed by atoms with E-state index in [9.17, 15) is 4.39 Å². The van der Waals surface area contributed by atoms with Crippen molar-refractivity contribution in [2.75, 3.05) is 0 Å². The maximum absolute atomic E-state index is 13.9. The van der Waals surface area contributed by atoms with Gasteiger partial charge in [0.25, 0.3) is 0 Å². The van der Waals surface area contributed by atoms with Gasteiger partial charge >= 0.3 is 0 Å². The molecule has 30 heavy (non-hydrogen) atoms. The predicted octanol–water partition coefficient (Wildman–Crippen LogP) is 7.48. The van der Waals surface area contributed by atoms with Gasteiger partial charge in [0.2, 0.25) is 0 Å². The quantitative estimate of drug-likeness (QED) is 0.462. The van der Waals surface area contributed by atoms with Crippen molar-refractivity contribution in [3.8, 4) is 0 Å². The molecule has 0 spiro atoms. The maximum Gasteiger partial charge on any atom is 0.100 e. The second-order valence-corrected chi connectivity index (χ2v) is 11.8. The minimum Gasteiger partial charge on any atom is -0.290 e. The fourth-order valence-corrected chi connectivity index (χ4v) is 7.46. The van der Waals surface area contributed by atoms with Crippen molar-refractivity contribution >= 4 is 5.71 Å². The number of alkyl halides is 1. The smallest absolute Gasteiger partial charge is 0.100 e. The highest BCUT2D eigenvalue weighted by Crippen LogP contribution is 2.47. The third-order valence-corrected chi connectivity index (χ3v) is 9.74. The summed E-state index contributed by atoms with van der Waals surface area (Å²) < 4.78 is 13.9. The molecule has 172 valence electrons. The summed E-state index contributed by atoms with van der Waals surface area (Å²) in [6.45, 7) is 12.3. The molecule has 1 aliphatic heterocycles. The summed E-state index contributed by atoms with van der Waals surface area (Å²) in [5.41, 5.74) is 1.55. The molecule has 0 aromatic heterocycles. The van der Waals surface area contributed by atoms with Crippen molar-refractivity contribution in [3.63, 3.8) is 0 Å². The van der Waals surface area contributed by atoms with Crippen molar-refractivity contribution in [2.45, 2.75) is 124 Å². The van der Waals surface area contributed by atoms with Crippen LogP contribution in [0.4, 0.5) is 4.39 Å². The SMILES string of the molecule is CCC1C(C2CCC(C)C(C)C2)=NN(C2CCC(F)CC2)C1C1CC(C)CCC1C. The molecular formula is C27H47FN2. The summed E-state index contributed by atoms with van der Waals surface area (Å²) in [4.78, 5) is 0. The zero-order valence-corrected chi connectivity index (χ0v) is 20.3. The Labute approximate surface area is 185 Å². The molecule has 0 saturated heterocycles. The van der Waals surface area contributed by atoms with Crippen LogP contribution in [0.25, 0.3) is 0 Å². The fourth-order valence-electron chi connectivity index (χ4n) is 7.46. The van der Waals surface area contributed by atoms with E-state index in [2.05, 4.69) is 39.6 Å². The Morgan fingerprint density at radius 1 is 0.833 bits per heavy atom. The van der Waals surface area contributed by atoms with Gasteiger partial charge in [-0.25, -0.2) is 4.39 Å². The van der Waals surface area contributed by atoms with Gasteiger partial charge in [-0.1, -0.05) is 47.5 Å². The van der Waals surface area contributed by atoms with Crippen molar-refractivity contribution in [2.24, 2.45) is 46.5 Å². The summed E-state index contributed by atoms with van der Waals surface area (Å²) in [7, 11) is 0. The van der Waals surface area contributed by atoms with Gasteiger partial charge in [-0.15, -0.1) is 0 Å². The van der Waals surface area contributed by atoms with Crippen LogP contribution in [0.3, 0.4) is 0 Å². The molecular weight excluding hydrogens is 371 g/mol. The van der Waals surface area contributed by atoms with Crippen LogP contribution in [-0.4, -0.2) is 29.0 Å². The summed E-state index contributed by atoms with van der Waals surface area (Å²) >= 11 is 0. The lowest BCUT2D eigenvalue weighted by molar-refractivity contribution is 0.0179. The van der Waals surface area contributed by atoms with Crippen LogP contribution in [-0.2, 0) is 0 Å². The monoisotopic (exact) mass is 418 g/mol. The topological polar surface area (TPSA) is 15.6 Å². The van der Waals surface area contributed by atoms with E-state index in [1.54, 1.807) is 5.71 Å². The number of hydrogen-bond donors (Lipinski definition) is 0. The molecule has 3 saturated carbocycles. The molecule has 8 unspecified atom stereocenters. The van der Waals surface area contributed by atoms with Gasteiger partial charge in [0.1, 0.15) is 6.17 Å². The Morgan fingerprint density at radius 2 is 1.53 bits per heavy atom. The predicted molar refractivity (Wildman–Crippen MR) is 125 cm³/mol. The Balaban J connectivity index is 1.62. The summed E-state index contributed by atoms with van der Waals surface area (Å²) in [6, 6.07) is 1.04. The van der Waals surface area contributed by atoms with Crippen molar-refractivity contribution in [3.05, 3.63) is 0 Å². The van der Waals surface area contributed by atoms with E-state index in [1.165, 1.54) is 44.9 Å². The molecule has 3 fully saturated rings. The molecule has 3 aliphatic carbocycles. The third-order valence-electron chi connectivity index (χ3n) is 9.74. The lowest BCUT2D eigenvalue weighted by atomic mass is 9.65. The van der Waals surface area contributed by atoms with E-state index in [0.717, 1.165) is 55.3 Å². The number of hydrazone groups is 1. The molecule has 0 amide bonds. The van der Waals surface area contributed by atoms with Crippen LogP contribution in [0.5, 0.6) is 0 Å². The van der Waals surface area contributed by atoms with E-state index in [4.69, 9.17) is 5.10 Å². The normalized spacial score (nSPS) is 47.9. The summed E-state index contributed by atoms with van der Waals surface area (Å²) in [6.07, 6.45) is 12.2. The van der Waals surface area contributed by atoms with Gasteiger partial charge in [-0.3, -0.25) is 5.01 Å². The largest absolute Gasteiger partial charge is 0.290 e. The minimum absolute atomic E-state index is 0.470. The highest BCUT2D eigenvalue weighted by Gasteiger charge is 2.48. The van der Waals surface area contributed by atoms with Crippen LogP contribution >= 0.6 is 0 Å². The second-order valence-electron chi connectivity index (χ2n) is 11.8. The van der Waals surface area contributed by atoms with Crippen LogP contribution in [0.1, 0.15) is 105 Å². The first-order valence-corrected chi connectivity index (χ1v) is 13.4. The van der Waals surface area contributed by atoms with E-state index in [-0.39, 0.29) is 0 Å². The summed E-state index contributed by atoms with van der Waals surface area (Å²) in [5.74, 6) is 5.36. The van der Waals surface area contributed by atoms with E-state index >= 15 is 0 Å². The first-order chi connectivity index (χ1) is 14.4. The first-order valence-electron chi connectivity index (χ1n) is 13.4. The lowest BCUT2D eigenvalue weighted by Gasteiger charge is -2.45. The molecule has 0 aromatic carbocycles. The van der Waals surface area contributed by atoms with E-state index < -0.39 is 6.17 Å². The molecule has 0 aromatic rings. The Hall–Kier alpha value is -0.600. The third kappa shape index (κ3) is 4.46. The van der Waals surface area contributed by atoms with Crippen molar-refractivity contribution in [1.29, 1.82) is 0 Å². The highest BCUT2D eigenvalue weighted by atomic mass is 19.1. The zero-order valence-electron chi connectivity index (χ0n) is 20.3. The van der Waals surface area contributed by atoms with Crippen LogP contribution < -0.4 is 0 Å². The molecule has 1 heterocycles. The number of nitrogens with zero attached hydrogens (tertiary/aromatic N) is 2. The van der Waals surface area contributed by atoms with Gasteiger partial charge in [0.05, 0.1) is 6.04 Å². The van der Waals surface area contributed by atoms with Gasteiger partial charge in [-0.05, 0) is 93.3 Å². The highest BCUT2D eigenvalue weighted by molar-refractivity contribution is 5.91. The van der Waals surface area contributed by atoms with Gasteiger partial charge in [0, 0.05) is 17.7 Å². The number of halogens is 1. The molecule has 3 heteroatoms. The van der Waals surface area contributed by atoms with Gasteiger partial charge in [-0.2, -0.15) is 5.10 Å². The number of hydrogen-bond acceptors (Lipinski definition) is 2. The average molecular weight is 419 g/mol. The second kappa shape index (κ2) is 9.49. The molecule has 4 aliphatic rings. The summed E-state index contributed by atoms with van der Waals surface area (Å²) in [5, 5.41) is 8.11. The molecule has 8 atom stereocenters. The standard InChI is InChI=1S/C27H47FN2/c1-6-24-26(21-10-9-18(3)20(5)16-21)29-30(23-13-11-22(28)12-14-23)27(24)25-15-17(2)7-8-19(25)4/h17-25,27H,6-16H2,1-5H3. The molecule has 0 N–H and O–H groups in total. The first kappa shape index (κ1) is 22.6. The zero-order chi connectivity index (χ0) is 21.4. The number of rotatable bonds is 4. The van der Waals surface area contributed by atoms with E-state index in [1.807, 2.05) is 0 Å². The minimum atomic E-state index is -0.581. The van der Waals surface area contributed by atoms with Crippen LogP contribution in [0, 0.1) is 41.4 Å². The van der Waals surface area contributed by atoms with Gasteiger partial charge in [0.15, 0.2) is 0 Å². The molecule has 0 bridgehead atoms. The van der Waals surface area contributed by atoms with Gasteiger partial charge < -0.3 is 0 Å². The van der Waals surface area contributed by atoms with Crippen LogP contribution in [0.2, 0.25) is 0 Å². The lowest BCUT2D eigenvalue weighted by Crippen LogP contribution is -2.49. The van der Waals surface area contributed by atoms with Crippen molar-refractivity contribution < 1.29 is 4.39 Å².